The summed E-state index contributed by atoms with van der Waals surface area (Å²) in [5.41, 5.74) is 1.34. The summed E-state index contributed by atoms with van der Waals surface area (Å²) in [5.74, 6) is 0.361. The van der Waals surface area contributed by atoms with E-state index in [1.165, 1.54) is 5.57 Å². The third-order valence-corrected chi connectivity index (χ3v) is 3.30. The molecular formula is C9H8BrNS. The Kier molecular flexibility index (Phi) is 2.24. The van der Waals surface area contributed by atoms with Crippen LogP contribution in [0.15, 0.2) is 28.8 Å². The second-order valence-electron chi connectivity index (χ2n) is 2.90. The van der Waals surface area contributed by atoms with Gasteiger partial charge in [-0.2, -0.15) is 0 Å². The molecule has 0 spiro atoms. The summed E-state index contributed by atoms with van der Waals surface area (Å²) >= 11 is 8.71. The highest BCUT2D eigenvalue weighted by atomic mass is 79.9. The maximum atomic E-state index is 5.16. The largest absolute Gasteiger partial charge is 0.252 e. The lowest BCUT2D eigenvalue weighted by Crippen LogP contribution is -2.26. The highest BCUT2D eigenvalue weighted by Crippen LogP contribution is 2.31. The first kappa shape index (κ1) is 8.32. The number of thiocarbonyl (C=S) groups is 1. The topological polar surface area (TPSA) is 12.4 Å². The SMILES string of the molecule is S=C1N=CC(Br)C2=CC=CCC12. The van der Waals surface area contributed by atoms with E-state index in [1.807, 2.05) is 6.21 Å². The minimum absolute atomic E-state index is 0.277. The zero-order valence-electron chi connectivity index (χ0n) is 6.40. The van der Waals surface area contributed by atoms with Gasteiger partial charge in [-0.1, -0.05) is 46.4 Å². The van der Waals surface area contributed by atoms with Crippen molar-refractivity contribution < 1.29 is 0 Å². The van der Waals surface area contributed by atoms with Crippen molar-refractivity contribution in [1.29, 1.82) is 0 Å². The molecule has 0 saturated carbocycles. The molecule has 12 heavy (non-hydrogen) atoms. The van der Waals surface area contributed by atoms with Crippen molar-refractivity contribution in [2.75, 3.05) is 0 Å². The molecule has 0 aromatic heterocycles. The average Bonchev–Trinajstić information content (AvgIpc) is 2.12. The van der Waals surface area contributed by atoms with Gasteiger partial charge in [0.2, 0.25) is 0 Å². The smallest absolute Gasteiger partial charge is 0.110 e. The number of alkyl halides is 1. The predicted octanol–water partition coefficient (Wildman–Crippen LogP) is 2.66. The summed E-state index contributed by atoms with van der Waals surface area (Å²) in [7, 11) is 0. The molecule has 0 amide bonds. The second-order valence-corrected chi connectivity index (χ2v) is 4.31. The Bertz CT molecular complexity index is 304. The fourth-order valence-corrected chi connectivity index (χ4v) is 2.37. The van der Waals surface area contributed by atoms with Gasteiger partial charge in [-0.3, -0.25) is 4.99 Å². The molecule has 62 valence electrons. The first-order chi connectivity index (χ1) is 5.79. The van der Waals surface area contributed by atoms with E-state index in [4.69, 9.17) is 12.2 Å². The normalized spacial score (nSPS) is 33.1. The standard InChI is InChI=1S/C9H8BrNS/c10-8-5-11-9(12)7-4-2-1-3-6(7)8/h1-3,5,7-8H,4H2. The van der Waals surface area contributed by atoms with Gasteiger partial charge in [0.15, 0.2) is 0 Å². The van der Waals surface area contributed by atoms with Crippen molar-refractivity contribution in [1.82, 2.24) is 0 Å². The number of rotatable bonds is 0. The molecular weight excluding hydrogens is 234 g/mol. The first-order valence-electron chi connectivity index (χ1n) is 3.88. The fourth-order valence-electron chi connectivity index (χ4n) is 1.49. The lowest BCUT2D eigenvalue weighted by Gasteiger charge is -2.26. The van der Waals surface area contributed by atoms with Crippen molar-refractivity contribution in [2.45, 2.75) is 11.2 Å². The molecule has 3 heteroatoms. The molecule has 2 unspecified atom stereocenters. The van der Waals surface area contributed by atoms with Crippen molar-refractivity contribution >= 4 is 39.4 Å². The Morgan fingerprint density at radius 1 is 1.58 bits per heavy atom. The molecule has 0 aromatic rings. The number of aliphatic imine (C=N–C) groups is 1. The molecule has 1 aliphatic heterocycles. The number of allylic oxidation sites excluding steroid dienone is 3. The lowest BCUT2D eigenvalue weighted by molar-refractivity contribution is 0.796. The third-order valence-electron chi connectivity index (χ3n) is 2.15. The molecule has 2 rings (SSSR count). The predicted molar refractivity (Wildman–Crippen MR) is 59.1 cm³/mol. The van der Waals surface area contributed by atoms with E-state index in [0.29, 0.717) is 5.92 Å². The third kappa shape index (κ3) is 1.31. The summed E-state index contributed by atoms with van der Waals surface area (Å²) in [6.45, 7) is 0. The van der Waals surface area contributed by atoms with Crippen LogP contribution in [0.2, 0.25) is 0 Å². The Labute approximate surface area is 85.4 Å². The van der Waals surface area contributed by atoms with Crippen LogP contribution in [0.5, 0.6) is 0 Å². The molecule has 0 bridgehead atoms. The first-order valence-corrected chi connectivity index (χ1v) is 5.20. The van der Waals surface area contributed by atoms with Gasteiger partial charge < -0.3 is 0 Å². The van der Waals surface area contributed by atoms with Crippen LogP contribution in [0.4, 0.5) is 0 Å². The maximum Gasteiger partial charge on any atom is 0.110 e. The molecule has 0 N–H and O–H groups in total. The monoisotopic (exact) mass is 241 g/mol. The van der Waals surface area contributed by atoms with Crippen LogP contribution >= 0.6 is 28.1 Å². The summed E-state index contributed by atoms with van der Waals surface area (Å²) in [4.78, 5) is 5.28. The van der Waals surface area contributed by atoms with E-state index < -0.39 is 0 Å². The van der Waals surface area contributed by atoms with E-state index in [-0.39, 0.29) is 4.83 Å². The molecule has 2 atom stereocenters. The summed E-state index contributed by atoms with van der Waals surface area (Å²) in [6, 6.07) is 0. The van der Waals surface area contributed by atoms with Gasteiger partial charge in [-0.15, -0.1) is 0 Å². The van der Waals surface area contributed by atoms with Crippen LogP contribution in [-0.4, -0.2) is 16.0 Å². The quantitative estimate of drug-likeness (QED) is 0.470. The molecule has 1 heterocycles. The van der Waals surface area contributed by atoms with E-state index >= 15 is 0 Å². The zero-order chi connectivity index (χ0) is 8.55. The zero-order valence-corrected chi connectivity index (χ0v) is 8.81. The van der Waals surface area contributed by atoms with Gasteiger partial charge in [0, 0.05) is 12.1 Å². The van der Waals surface area contributed by atoms with E-state index in [9.17, 15) is 0 Å². The minimum Gasteiger partial charge on any atom is -0.252 e. The van der Waals surface area contributed by atoms with E-state index in [0.717, 1.165) is 11.4 Å². The van der Waals surface area contributed by atoms with Crippen LogP contribution in [0, 0.1) is 5.92 Å². The average molecular weight is 242 g/mol. The Morgan fingerprint density at radius 2 is 2.42 bits per heavy atom. The summed E-state index contributed by atoms with van der Waals surface area (Å²) in [5, 5.41) is 0. The van der Waals surface area contributed by atoms with Gasteiger partial charge in [0.1, 0.15) is 4.99 Å². The van der Waals surface area contributed by atoms with Gasteiger partial charge in [-0.05, 0) is 12.0 Å². The van der Waals surface area contributed by atoms with Crippen molar-refractivity contribution in [3.63, 3.8) is 0 Å². The second kappa shape index (κ2) is 3.23. The van der Waals surface area contributed by atoms with Crippen LogP contribution in [0.1, 0.15) is 6.42 Å². The lowest BCUT2D eigenvalue weighted by atomic mass is 9.88. The number of nitrogens with zero attached hydrogens (tertiary/aromatic N) is 1. The van der Waals surface area contributed by atoms with Gasteiger partial charge >= 0.3 is 0 Å². The van der Waals surface area contributed by atoms with Crippen molar-refractivity contribution in [3.8, 4) is 0 Å². The molecule has 0 saturated heterocycles. The fraction of sp³-hybridized carbons (Fsp3) is 0.333. The van der Waals surface area contributed by atoms with Gasteiger partial charge in [0.05, 0.1) is 4.83 Å². The molecule has 1 nitrogen and oxygen atoms in total. The number of fused-ring (bicyclic) bond motifs is 1. The maximum absolute atomic E-state index is 5.16. The van der Waals surface area contributed by atoms with E-state index in [2.05, 4.69) is 39.2 Å². The highest BCUT2D eigenvalue weighted by Gasteiger charge is 2.27. The number of hydrogen-bond acceptors (Lipinski definition) is 1. The van der Waals surface area contributed by atoms with Gasteiger partial charge in [-0.25, -0.2) is 0 Å². The van der Waals surface area contributed by atoms with Crippen LogP contribution < -0.4 is 0 Å². The molecule has 1 aliphatic carbocycles. The number of hydrogen-bond donors (Lipinski definition) is 0. The molecule has 0 aromatic carbocycles. The molecule has 0 fully saturated rings. The van der Waals surface area contributed by atoms with Crippen molar-refractivity contribution in [2.24, 2.45) is 10.9 Å². The van der Waals surface area contributed by atoms with E-state index in [1.54, 1.807) is 0 Å². The van der Waals surface area contributed by atoms with Crippen molar-refractivity contribution in [3.05, 3.63) is 23.8 Å². The van der Waals surface area contributed by atoms with Crippen LogP contribution in [0.3, 0.4) is 0 Å². The van der Waals surface area contributed by atoms with Crippen LogP contribution in [-0.2, 0) is 0 Å². The molecule has 0 radical (unpaired) electrons. The Hall–Kier alpha value is -0.280. The summed E-state index contributed by atoms with van der Waals surface area (Å²) in [6.07, 6.45) is 9.22. The Balaban J connectivity index is 2.39. The molecule has 2 aliphatic rings. The summed E-state index contributed by atoms with van der Waals surface area (Å²) < 4.78 is 0. The number of halogens is 1. The highest BCUT2D eigenvalue weighted by molar-refractivity contribution is 9.10. The van der Waals surface area contributed by atoms with Gasteiger partial charge in [0.25, 0.3) is 0 Å². The minimum atomic E-state index is 0.277. The Morgan fingerprint density at radius 3 is 3.17 bits per heavy atom. The van der Waals surface area contributed by atoms with Crippen LogP contribution in [0.25, 0.3) is 0 Å².